The Morgan fingerprint density at radius 2 is 2.06 bits per heavy atom. The van der Waals surface area contributed by atoms with E-state index in [-0.39, 0.29) is 25.1 Å². The van der Waals surface area contributed by atoms with Gasteiger partial charge in [-0.05, 0) is 26.8 Å². The summed E-state index contributed by atoms with van der Waals surface area (Å²) in [6.45, 7) is 4.24. The van der Waals surface area contributed by atoms with Crippen molar-refractivity contribution in [3.05, 3.63) is 0 Å². The summed E-state index contributed by atoms with van der Waals surface area (Å²) >= 11 is 0. The van der Waals surface area contributed by atoms with Crippen molar-refractivity contribution in [1.29, 1.82) is 0 Å². The van der Waals surface area contributed by atoms with Crippen molar-refractivity contribution in [3.8, 4) is 0 Å². The lowest BCUT2D eigenvalue weighted by Crippen LogP contribution is -2.57. The number of nitrogens with two attached hydrogens (primary N) is 1. The van der Waals surface area contributed by atoms with E-state index in [2.05, 4.69) is 0 Å². The highest BCUT2D eigenvalue weighted by Crippen LogP contribution is 2.30. The summed E-state index contributed by atoms with van der Waals surface area (Å²) in [5.41, 5.74) is 5.25. The predicted molar refractivity (Wildman–Crippen MR) is 55.1 cm³/mol. The fourth-order valence-electron chi connectivity index (χ4n) is 2.04. The molecule has 1 heterocycles. The third-order valence-corrected chi connectivity index (χ3v) is 2.87. The van der Waals surface area contributed by atoms with E-state index in [9.17, 15) is 13.2 Å². The second-order valence-corrected chi connectivity index (χ2v) is 4.32. The Morgan fingerprint density at radius 1 is 1.44 bits per heavy atom. The van der Waals surface area contributed by atoms with Crippen molar-refractivity contribution in [2.75, 3.05) is 19.7 Å². The van der Waals surface area contributed by atoms with E-state index in [0.717, 1.165) is 0 Å². The number of ether oxygens (including phenoxy) is 1. The van der Waals surface area contributed by atoms with Gasteiger partial charge in [0.1, 0.15) is 6.04 Å². The Labute approximate surface area is 93.7 Å². The van der Waals surface area contributed by atoms with Gasteiger partial charge in [0, 0.05) is 12.6 Å². The summed E-state index contributed by atoms with van der Waals surface area (Å²) < 4.78 is 43.9. The van der Waals surface area contributed by atoms with Crippen molar-refractivity contribution >= 4 is 0 Å². The number of morpholine rings is 1. The molecule has 16 heavy (non-hydrogen) atoms. The molecule has 0 amide bonds. The molecule has 0 bridgehead atoms. The molecule has 0 saturated carbocycles. The largest absolute Gasteiger partial charge is 0.404 e. The first-order valence-corrected chi connectivity index (χ1v) is 5.50. The van der Waals surface area contributed by atoms with Crippen molar-refractivity contribution in [2.45, 2.75) is 44.6 Å². The Morgan fingerprint density at radius 3 is 2.56 bits per heavy atom. The Hall–Kier alpha value is -0.330. The number of nitrogens with zero attached hydrogens (tertiary/aromatic N) is 1. The van der Waals surface area contributed by atoms with E-state index >= 15 is 0 Å². The van der Waals surface area contributed by atoms with Gasteiger partial charge in [0.2, 0.25) is 0 Å². The molecule has 0 aromatic heterocycles. The lowest BCUT2D eigenvalue weighted by Gasteiger charge is -2.42. The third kappa shape index (κ3) is 3.33. The molecule has 0 spiro atoms. The summed E-state index contributed by atoms with van der Waals surface area (Å²) in [5, 5.41) is 0. The van der Waals surface area contributed by atoms with Crippen LogP contribution in [0.4, 0.5) is 13.2 Å². The van der Waals surface area contributed by atoms with Gasteiger partial charge in [0.15, 0.2) is 0 Å². The van der Waals surface area contributed by atoms with Crippen LogP contribution in [0.5, 0.6) is 0 Å². The first kappa shape index (κ1) is 13.7. The van der Waals surface area contributed by atoms with Gasteiger partial charge in [0.05, 0.1) is 12.7 Å². The first-order chi connectivity index (χ1) is 7.36. The van der Waals surface area contributed by atoms with Crippen LogP contribution in [0.1, 0.15) is 20.3 Å². The van der Waals surface area contributed by atoms with Crippen LogP contribution in [-0.4, -0.2) is 49.0 Å². The maximum absolute atomic E-state index is 12.9. The number of hydrogen-bond donors (Lipinski definition) is 1. The van der Waals surface area contributed by atoms with Gasteiger partial charge >= 0.3 is 6.18 Å². The second kappa shape index (κ2) is 5.33. The third-order valence-electron chi connectivity index (χ3n) is 2.87. The number of hydrogen-bond acceptors (Lipinski definition) is 3. The van der Waals surface area contributed by atoms with Crippen molar-refractivity contribution in [2.24, 2.45) is 5.73 Å². The van der Waals surface area contributed by atoms with Crippen molar-refractivity contribution < 1.29 is 17.9 Å². The highest BCUT2D eigenvalue weighted by atomic mass is 19.4. The smallest absolute Gasteiger partial charge is 0.376 e. The first-order valence-electron chi connectivity index (χ1n) is 5.50. The molecule has 96 valence electrons. The molecule has 1 fully saturated rings. The molecule has 0 aliphatic carbocycles. The van der Waals surface area contributed by atoms with E-state index in [1.807, 2.05) is 0 Å². The molecule has 0 radical (unpaired) electrons. The van der Waals surface area contributed by atoms with Crippen LogP contribution in [0.3, 0.4) is 0 Å². The minimum absolute atomic E-state index is 0.0443. The summed E-state index contributed by atoms with van der Waals surface area (Å²) in [6.07, 6.45) is -4.43. The SMILES string of the molecule is CC1CN(C(CCN)C(F)(F)F)C(C)CO1. The van der Waals surface area contributed by atoms with Gasteiger partial charge in [0.25, 0.3) is 0 Å². The summed E-state index contributed by atoms with van der Waals surface area (Å²) in [5.74, 6) is 0. The number of halogens is 3. The van der Waals surface area contributed by atoms with E-state index in [0.29, 0.717) is 13.2 Å². The topological polar surface area (TPSA) is 38.5 Å². The second-order valence-electron chi connectivity index (χ2n) is 4.32. The van der Waals surface area contributed by atoms with Gasteiger partial charge in [-0.3, -0.25) is 4.90 Å². The molecule has 1 saturated heterocycles. The number of alkyl halides is 3. The van der Waals surface area contributed by atoms with Crippen LogP contribution < -0.4 is 5.73 Å². The maximum Gasteiger partial charge on any atom is 0.404 e. The lowest BCUT2D eigenvalue weighted by molar-refractivity contribution is -0.206. The van der Waals surface area contributed by atoms with E-state index in [4.69, 9.17) is 10.5 Å². The zero-order valence-electron chi connectivity index (χ0n) is 9.63. The molecule has 0 aromatic rings. The Kier molecular flexibility index (Phi) is 4.58. The predicted octanol–water partition coefficient (Wildman–Crippen LogP) is 1.38. The average Bonchev–Trinajstić information content (AvgIpc) is 2.17. The van der Waals surface area contributed by atoms with E-state index in [1.54, 1.807) is 13.8 Å². The molecular weight excluding hydrogens is 221 g/mol. The van der Waals surface area contributed by atoms with Crippen LogP contribution >= 0.6 is 0 Å². The minimum Gasteiger partial charge on any atom is -0.376 e. The highest BCUT2D eigenvalue weighted by Gasteiger charge is 2.45. The standard InChI is InChI=1S/C10H19F3N2O/c1-7-6-16-8(2)5-15(7)9(3-4-14)10(11,12)13/h7-9H,3-6,14H2,1-2H3. The molecule has 3 atom stereocenters. The summed E-state index contributed by atoms with van der Waals surface area (Å²) in [7, 11) is 0. The van der Waals surface area contributed by atoms with E-state index < -0.39 is 12.2 Å². The minimum atomic E-state index is -4.22. The lowest BCUT2D eigenvalue weighted by atomic mass is 10.1. The van der Waals surface area contributed by atoms with Crippen LogP contribution in [0.2, 0.25) is 0 Å². The zero-order chi connectivity index (χ0) is 12.3. The van der Waals surface area contributed by atoms with Crippen LogP contribution in [0.15, 0.2) is 0 Å². The van der Waals surface area contributed by atoms with Gasteiger partial charge in [-0.15, -0.1) is 0 Å². The molecular formula is C10H19F3N2O. The monoisotopic (exact) mass is 240 g/mol. The molecule has 6 heteroatoms. The Balaban J connectivity index is 2.75. The molecule has 2 N–H and O–H groups in total. The summed E-state index contributed by atoms with van der Waals surface area (Å²) in [4.78, 5) is 1.46. The molecule has 1 aliphatic heterocycles. The van der Waals surface area contributed by atoms with Crippen molar-refractivity contribution in [3.63, 3.8) is 0 Å². The normalized spacial score (nSPS) is 30.4. The van der Waals surface area contributed by atoms with Crippen LogP contribution in [0.25, 0.3) is 0 Å². The zero-order valence-corrected chi connectivity index (χ0v) is 9.63. The van der Waals surface area contributed by atoms with Crippen LogP contribution in [0, 0.1) is 0 Å². The van der Waals surface area contributed by atoms with Gasteiger partial charge in [-0.2, -0.15) is 13.2 Å². The van der Waals surface area contributed by atoms with E-state index in [1.165, 1.54) is 4.90 Å². The molecule has 1 aliphatic rings. The maximum atomic E-state index is 12.9. The Bertz CT molecular complexity index is 223. The molecule has 1 rings (SSSR count). The van der Waals surface area contributed by atoms with Gasteiger partial charge in [-0.1, -0.05) is 0 Å². The van der Waals surface area contributed by atoms with Crippen LogP contribution in [-0.2, 0) is 4.74 Å². The van der Waals surface area contributed by atoms with Gasteiger partial charge in [-0.25, -0.2) is 0 Å². The quantitative estimate of drug-likeness (QED) is 0.810. The number of rotatable bonds is 3. The summed E-state index contributed by atoms with van der Waals surface area (Å²) in [6, 6.07) is -1.66. The average molecular weight is 240 g/mol. The highest BCUT2D eigenvalue weighted by molar-refractivity contribution is 4.86. The van der Waals surface area contributed by atoms with Gasteiger partial charge < -0.3 is 10.5 Å². The van der Waals surface area contributed by atoms with Crippen molar-refractivity contribution in [1.82, 2.24) is 4.90 Å². The fourth-order valence-corrected chi connectivity index (χ4v) is 2.04. The molecule has 3 nitrogen and oxygen atoms in total. The molecule has 3 unspecified atom stereocenters. The molecule has 0 aromatic carbocycles. The fraction of sp³-hybridized carbons (Fsp3) is 1.00.